The smallest absolute Gasteiger partial charge is 0.0991 e. The molecule has 2 aromatic carbocycles. The largest absolute Gasteiger partial charge is 0.383 e. The minimum absolute atomic E-state index is 0.699. The summed E-state index contributed by atoms with van der Waals surface area (Å²) in [5, 5.41) is 8.84. The maximum absolute atomic E-state index is 8.84. The zero-order valence-electron chi connectivity index (χ0n) is 12.3. The molecule has 0 heterocycles. The van der Waals surface area contributed by atoms with Crippen molar-refractivity contribution in [3.63, 3.8) is 0 Å². The number of methoxy groups -OCH3 is 1. The Bertz CT molecular complexity index is 572. The minimum atomic E-state index is 0.699. The Balaban J connectivity index is 2.03. The molecule has 0 aliphatic rings. The molecule has 2 aromatic rings. The van der Waals surface area contributed by atoms with Crippen molar-refractivity contribution < 1.29 is 4.74 Å². The van der Waals surface area contributed by atoms with Crippen LogP contribution in [0.15, 0.2) is 54.6 Å². The Morgan fingerprint density at radius 3 is 2.14 bits per heavy atom. The summed E-state index contributed by atoms with van der Waals surface area (Å²) >= 11 is 0. The predicted octanol–water partition coefficient (Wildman–Crippen LogP) is 3.21. The van der Waals surface area contributed by atoms with E-state index in [-0.39, 0.29) is 0 Å². The molecular formula is C18H20N2O. The standard InChI is InChI=1S/C18H20N2O/c1-21-12-11-20(14-17-5-3-2-4-6-17)15-18-9-7-16(13-19)8-10-18/h2-10H,11-12,14-15H2,1H3. The highest BCUT2D eigenvalue weighted by molar-refractivity contribution is 5.31. The van der Waals surface area contributed by atoms with E-state index in [4.69, 9.17) is 10.00 Å². The first kappa shape index (κ1) is 15.2. The molecule has 0 radical (unpaired) electrons. The van der Waals surface area contributed by atoms with Gasteiger partial charge in [0.2, 0.25) is 0 Å². The third-order valence-corrected chi connectivity index (χ3v) is 3.35. The lowest BCUT2D eigenvalue weighted by atomic mass is 10.1. The summed E-state index contributed by atoms with van der Waals surface area (Å²) < 4.78 is 5.20. The van der Waals surface area contributed by atoms with Crippen molar-refractivity contribution in [2.45, 2.75) is 13.1 Å². The fourth-order valence-corrected chi connectivity index (χ4v) is 2.22. The van der Waals surface area contributed by atoms with Crippen molar-refractivity contribution in [1.29, 1.82) is 5.26 Å². The Hall–Kier alpha value is -2.15. The van der Waals surface area contributed by atoms with Gasteiger partial charge in [-0.2, -0.15) is 5.26 Å². The number of hydrogen-bond donors (Lipinski definition) is 0. The summed E-state index contributed by atoms with van der Waals surface area (Å²) in [7, 11) is 1.72. The van der Waals surface area contributed by atoms with Crippen LogP contribution in [0.3, 0.4) is 0 Å². The van der Waals surface area contributed by atoms with Crippen molar-refractivity contribution in [3.05, 3.63) is 71.3 Å². The van der Waals surface area contributed by atoms with Crippen LogP contribution in [0.25, 0.3) is 0 Å². The van der Waals surface area contributed by atoms with Crippen LogP contribution in [0, 0.1) is 11.3 Å². The molecule has 0 unspecified atom stereocenters. The molecular weight excluding hydrogens is 260 g/mol. The Morgan fingerprint density at radius 1 is 0.952 bits per heavy atom. The highest BCUT2D eigenvalue weighted by Crippen LogP contribution is 2.11. The third kappa shape index (κ3) is 5.03. The van der Waals surface area contributed by atoms with Crippen molar-refractivity contribution in [2.24, 2.45) is 0 Å². The maximum Gasteiger partial charge on any atom is 0.0991 e. The van der Waals surface area contributed by atoms with E-state index < -0.39 is 0 Å². The highest BCUT2D eigenvalue weighted by atomic mass is 16.5. The molecule has 21 heavy (non-hydrogen) atoms. The number of nitrogens with zero attached hydrogens (tertiary/aromatic N) is 2. The SMILES string of the molecule is COCCN(Cc1ccccc1)Cc1ccc(C#N)cc1. The van der Waals surface area contributed by atoms with Gasteiger partial charge in [0.05, 0.1) is 18.2 Å². The quantitative estimate of drug-likeness (QED) is 0.781. The zero-order chi connectivity index (χ0) is 14.9. The van der Waals surface area contributed by atoms with E-state index in [1.807, 2.05) is 30.3 Å². The summed E-state index contributed by atoms with van der Waals surface area (Å²) in [6.07, 6.45) is 0. The lowest BCUT2D eigenvalue weighted by Gasteiger charge is -2.22. The second kappa shape index (κ2) is 8.21. The molecule has 0 atom stereocenters. The summed E-state index contributed by atoms with van der Waals surface area (Å²) in [6, 6.07) is 20.3. The van der Waals surface area contributed by atoms with E-state index in [1.165, 1.54) is 11.1 Å². The van der Waals surface area contributed by atoms with E-state index in [1.54, 1.807) is 7.11 Å². The van der Waals surface area contributed by atoms with Crippen molar-refractivity contribution in [2.75, 3.05) is 20.3 Å². The minimum Gasteiger partial charge on any atom is -0.383 e. The number of benzene rings is 2. The highest BCUT2D eigenvalue weighted by Gasteiger charge is 2.07. The first-order chi connectivity index (χ1) is 10.3. The lowest BCUT2D eigenvalue weighted by Crippen LogP contribution is -2.26. The van der Waals surface area contributed by atoms with Crippen LogP contribution in [0.2, 0.25) is 0 Å². The first-order valence-electron chi connectivity index (χ1n) is 7.06. The Labute approximate surface area is 126 Å². The topological polar surface area (TPSA) is 36.3 Å². The van der Waals surface area contributed by atoms with Gasteiger partial charge in [0, 0.05) is 26.7 Å². The van der Waals surface area contributed by atoms with Gasteiger partial charge >= 0.3 is 0 Å². The summed E-state index contributed by atoms with van der Waals surface area (Å²) in [5.41, 5.74) is 3.20. The van der Waals surface area contributed by atoms with Crippen LogP contribution in [-0.2, 0) is 17.8 Å². The molecule has 0 bridgehead atoms. The molecule has 0 aliphatic carbocycles. The van der Waals surface area contributed by atoms with Gasteiger partial charge in [-0.3, -0.25) is 4.90 Å². The van der Waals surface area contributed by atoms with E-state index in [0.29, 0.717) is 12.2 Å². The van der Waals surface area contributed by atoms with Crippen LogP contribution >= 0.6 is 0 Å². The van der Waals surface area contributed by atoms with Crippen LogP contribution < -0.4 is 0 Å². The van der Waals surface area contributed by atoms with Gasteiger partial charge in [-0.05, 0) is 23.3 Å². The Morgan fingerprint density at radius 2 is 1.57 bits per heavy atom. The summed E-state index contributed by atoms with van der Waals surface area (Å²) in [6.45, 7) is 3.34. The number of ether oxygens (including phenoxy) is 1. The van der Waals surface area contributed by atoms with Crippen molar-refractivity contribution >= 4 is 0 Å². The molecule has 2 rings (SSSR count). The second-order valence-electron chi connectivity index (χ2n) is 5.00. The molecule has 0 spiro atoms. The monoisotopic (exact) mass is 280 g/mol. The summed E-state index contributed by atoms with van der Waals surface area (Å²) in [4.78, 5) is 2.35. The van der Waals surface area contributed by atoms with E-state index in [9.17, 15) is 0 Å². The molecule has 3 nitrogen and oxygen atoms in total. The van der Waals surface area contributed by atoms with Gasteiger partial charge in [-0.25, -0.2) is 0 Å². The molecule has 0 saturated carbocycles. The van der Waals surface area contributed by atoms with Crippen LogP contribution in [0.1, 0.15) is 16.7 Å². The molecule has 0 fully saturated rings. The zero-order valence-corrected chi connectivity index (χ0v) is 12.3. The number of nitriles is 1. The third-order valence-electron chi connectivity index (χ3n) is 3.35. The first-order valence-corrected chi connectivity index (χ1v) is 7.06. The molecule has 0 aliphatic heterocycles. The fourth-order valence-electron chi connectivity index (χ4n) is 2.22. The Kier molecular flexibility index (Phi) is 5.96. The number of rotatable bonds is 7. The van der Waals surface area contributed by atoms with Crippen LogP contribution in [0.4, 0.5) is 0 Å². The maximum atomic E-state index is 8.84. The average molecular weight is 280 g/mol. The van der Waals surface area contributed by atoms with Crippen molar-refractivity contribution in [1.82, 2.24) is 4.90 Å². The van der Waals surface area contributed by atoms with Gasteiger partial charge in [0.15, 0.2) is 0 Å². The second-order valence-corrected chi connectivity index (χ2v) is 5.00. The van der Waals surface area contributed by atoms with Gasteiger partial charge in [0.25, 0.3) is 0 Å². The molecule has 3 heteroatoms. The van der Waals surface area contributed by atoms with Crippen LogP contribution in [-0.4, -0.2) is 25.2 Å². The lowest BCUT2D eigenvalue weighted by molar-refractivity contribution is 0.140. The van der Waals surface area contributed by atoms with Gasteiger partial charge in [-0.15, -0.1) is 0 Å². The molecule has 108 valence electrons. The number of hydrogen-bond acceptors (Lipinski definition) is 3. The van der Waals surface area contributed by atoms with Crippen molar-refractivity contribution in [3.8, 4) is 6.07 Å². The normalized spacial score (nSPS) is 10.5. The van der Waals surface area contributed by atoms with Crippen LogP contribution in [0.5, 0.6) is 0 Å². The van der Waals surface area contributed by atoms with Gasteiger partial charge in [0.1, 0.15) is 0 Å². The molecule has 0 aromatic heterocycles. The average Bonchev–Trinajstić information content (AvgIpc) is 2.54. The summed E-state index contributed by atoms with van der Waals surface area (Å²) in [5.74, 6) is 0. The molecule has 0 amide bonds. The predicted molar refractivity (Wildman–Crippen MR) is 83.6 cm³/mol. The molecule has 0 N–H and O–H groups in total. The van der Waals surface area contributed by atoms with Gasteiger partial charge < -0.3 is 4.74 Å². The van der Waals surface area contributed by atoms with E-state index in [0.717, 1.165) is 19.6 Å². The van der Waals surface area contributed by atoms with E-state index in [2.05, 4.69) is 35.2 Å². The fraction of sp³-hybridized carbons (Fsp3) is 0.278. The van der Waals surface area contributed by atoms with Gasteiger partial charge in [-0.1, -0.05) is 42.5 Å². The molecule has 0 saturated heterocycles. The van der Waals surface area contributed by atoms with E-state index >= 15 is 0 Å².